The lowest BCUT2D eigenvalue weighted by atomic mass is 10.1. The molecule has 0 unspecified atom stereocenters. The predicted octanol–water partition coefficient (Wildman–Crippen LogP) is 0.875. The van der Waals surface area contributed by atoms with Crippen molar-refractivity contribution in [2.75, 3.05) is 0 Å². The topological polar surface area (TPSA) is 63.7 Å². The summed E-state index contributed by atoms with van der Waals surface area (Å²) in [4.78, 5) is 36.3. The fraction of sp³-hybridized carbons (Fsp3) is 0.308. The molecule has 1 atom stereocenters. The van der Waals surface area contributed by atoms with Gasteiger partial charge in [0.25, 0.3) is 5.91 Å². The lowest BCUT2D eigenvalue weighted by molar-refractivity contribution is -0.167. The number of hydrogen-bond donors (Lipinski definition) is 0. The van der Waals surface area contributed by atoms with Crippen molar-refractivity contribution in [1.29, 1.82) is 0 Å². The quantitative estimate of drug-likeness (QED) is 0.544. The fourth-order valence-electron chi connectivity index (χ4n) is 2.42. The number of carbonyl (C=O) groups excluding carboxylic acids is 3. The van der Waals surface area contributed by atoms with Crippen LogP contribution >= 0.6 is 0 Å². The largest absolute Gasteiger partial charge is 0.392 e. The summed E-state index contributed by atoms with van der Waals surface area (Å²) in [5, 5.41) is 0. The van der Waals surface area contributed by atoms with Crippen molar-refractivity contribution in [1.82, 2.24) is 4.90 Å². The SMILES string of the molecule is O=C1CC[C@@H](N2Cc3ccccc3C2=O)C(=O)O1. The van der Waals surface area contributed by atoms with Crippen LogP contribution in [-0.2, 0) is 20.9 Å². The molecule has 0 spiro atoms. The molecule has 1 aromatic rings. The second-order valence-corrected chi connectivity index (χ2v) is 4.44. The van der Waals surface area contributed by atoms with Crippen molar-refractivity contribution >= 4 is 17.8 Å². The Kier molecular flexibility index (Phi) is 2.40. The van der Waals surface area contributed by atoms with Gasteiger partial charge in [-0.25, -0.2) is 4.79 Å². The predicted molar refractivity (Wildman–Crippen MR) is 60.4 cm³/mol. The standard InChI is InChI=1S/C13H11NO4/c15-11-6-5-10(13(17)18-11)14-7-8-3-1-2-4-9(8)12(14)16/h1-4,10H,5-7H2/t10-/m1/s1. The van der Waals surface area contributed by atoms with E-state index < -0.39 is 18.0 Å². The van der Waals surface area contributed by atoms with Gasteiger partial charge in [-0.1, -0.05) is 18.2 Å². The van der Waals surface area contributed by atoms with Gasteiger partial charge >= 0.3 is 11.9 Å². The maximum absolute atomic E-state index is 12.2. The molecule has 5 heteroatoms. The Labute approximate surface area is 103 Å². The first kappa shape index (κ1) is 11.0. The lowest BCUT2D eigenvalue weighted by Crippen LogP contribution is -2.45. The van der Waals surface area contributed by atoms with Crippen molar-refractivity contribution in [3.05, 3.63) is 35.4 Å². The molecule has 18 heavy (non-hydrogen) atoms. The number of ether oxygens (including phenoxy) is 1. The number of rotatable bonds is 1. The van der Waals surface area contributed by atoms with Gasteiger partial charge in [-0.15, -0.1) is 0 Å². The van der Waals surface area contributed by atoms with E-state index in [1.54, 1.807) is 12.1 Å². The molecule has 2 aliphatic heterocycles. The van der Waals surface area contributed by atoms with Crippen LogP contribution in [0.25, 0.3) is 0 Å². The Balaban J connectivity index is 1.86. The van der Waals surface area contributed by atoms with Crippen LogP contribution in [0.4, 0.5) is 0 Å². The molecule has 0 saturated carbocycles. The zero-order valence-electron chi connectivity index (χ0n) is 9.59. The molecule has 0 aromatic heterocycles. The molecule has 1 amide bonds. The summed E-state index contributed by atoms with van der Waals surface area (Å²) >= 11 is 0. The van der Waals surface area contributed by atoms with Crippen LogP contribution in [0.3, 0.4) is 0 Å². The monoisotopic (exact) mass is 245 g/mol. The highest BCUT2D eigenvalue weighted by molar-refractivity contribution is 6.02. The smallest absolute Gasteiger partial charge is 0.336 e. The molecule has 92 valence electrons. The van der Waals surface area contributed by atoms with Crippen LogP contribution in [0.5, 0.6) is 0 Å². The third-order valence-corrected chi connectivity index (χ3v) is 3.33. The first-order valence-corrected chi connectivity index (χ1v) is 5.80. The molecule has 1 saturated heterocycles. The third-order valence-electron chi connectivity index (χ3n) is 3.33. The Bertz CT molecular complexity index is 552. The van der Waals surface area contributed by atoms with Crippen LogP contribution < -0.4 is 0 Å². The molecule has 0 N–H and O–H groups in total. The molecule has 1 aromatic carbocycles. The van der Waals surface area contributed by atoms with E-state index in [0.29, 0.717) is 18.5 Å². The number of cyclic esters (lactones) is 2. The van der Waals surface area contributed by atoms with Crippen molar-refractivity contribution < 1.29 is 19.1 Å². The van der Waals surface area contributed by atoms with Crippen LogP contribution in [-0.4, -0.2) is 28.8 Å². The molecular weight excluding hydrogens is 234 g/mol. The Morgan fingerprint density at radius 1 is 1.17 bits per heavy atom. The maximum Gasteiger partial charge on any atom is 0.336 e. The van der Waals surface area contributed by atoms with E-state index in [1.807, 2.05) is 12.1 Å². The average Bonchev–Trinajstić information content (AvgIpc) is 2.68. The highest BCUT2D eigenvalue weighted by Gasteiger charge is 2.40. The van der Waals surface area contributed by atoms with E-state index in [-0.39, 0.29) is 12.3 Å². The third kappa shape index (κ3) is 1.59. The first-order valence-electron chi connectivity index (χ1n) is 5.80. The minimum Gasteiger partial charge on any atom is -0.392 e. The van der Waals surface area contributed by atoms with Gasteiger partial charge in [0, 0.05) is 18.5 Å². The molecule has 2 heterocycles. The average molecular weight is 245 g/mol. The lowest BCUT2D eigenvalue weighted by Gasteiger charge is -2.28. The van der Waals surface area contributed by atoms with Gasteiger partial charge in [0.2, 0.25) is 0 Å². The zero-order valence-corrected chi connectivity index (χ0v) is 9.59. The van der Waals surface area contributed by atoms with E-state index >= 15 is 0 Å². The van der Waals surface area contributed by atoms with Crippen molar-refractivity contribution in [3.8, 4) is 0 Å². The molecule has 5 nitrogen and oxygen atoms in total. The van der Waals surface area contributed by atoms with E-state index in [9.17, 15) is 14.4 Å². The molecule has 2 aliphatic rings. The molecule has 0 bridgehead atoms. The number of nitrogens with zero attached hydrogens (tertiary/aromatic N) is 1. The van der Waals surface area contributed by atoms with Crippen LogP contribution in [0.15, 0.2) is 24.3 Å². The summed E-state index contributed by atoms with van der Waals surface area (Å²) in [6, 6.07) is 6.63. The van der Waals surface area contributed by atoms with Crippen molar-refractivity contribution in [2.24, 2.45) is 0 Å². The molecule has 0 radical (unpaired) electrons. The van der Waals surface area contributed by atoms with Gasteiger partial charge < -0.3 is 9.64 Å². The van der Waals surface area contributed by atoms with E-state index in [1.165, 1.54) is 4.90 Å². The Morgan fingerprint density at radius 3 is 2.67 bits per heavy atom. The van der Waals surface area contributed by atoms with Crippen LogP contribution in [0, 0.1) is 0 Å². The van der Waals surface area contributed by atoms with E-state index in [4.69, 9.17) is 0 Å². The molecule has 0 aliphatic carbocycles. The van der Waals surface area contributed by atoms with Crippen molar-refractivity contribution in [2.45, 2.75) is 25.4 Å². The second-order valence-electron chi connectivity index (χ2n) is 4.44. The minimum absolute atomic E-state index is 0.165. The number of benzene rings is 1. The number of amides is 1. The van der Waals surface area contributed by atoms with Gasteiger partial charge in [-0.3, -0.25) is 9.59 Å². The van der Waals surface area contributed by atoms with E-state index in [2.05, 4.69) is 4.74 Å². The summed E-state index contributed by atoms with van der Waals surface area (Å²) in [6.07, 6.45) is 0.522. The van der Waals surface area contributed by atoms with Crippen molar-refractivity contribution in [3.63, 3.8) is 0 Å². The number of esters is 2. The highest BCUT2D eigenvalue weighted by atomic mass is 16.6. The number of carbonyl (C=O) groups is 3. The summed E-state index contributed by atoms with van der Waals surface area (Å²) in [5.41, 5.74) is 1.54. The van der Waals surface area contributed by atoms with Crippen LogP contribution in [0.2, 0.25) is 0 Å². The zero-order chi connectivity index (χ0) is 12.7. The summed E-state index contributed by atoms with van der Waals surface area (Å²) in [5.74, 6) is -1.30. The summed E-state index contributed by atoms with van der Waals surface area (Å²) in [7, 11) is 0. The van der Waals surface area contributed by atoms with Gasteiger partial charge in [0.15, 0.2) is 0 Å². The van der Waals surface area contributed by atoms with Gasteiger partial charge in [0.1, 0.15) is 6.04 Å². The fourth-order valence-corrected chi connectivity index (χ4v) is 2.42. The minimum atomic E-state index is -0.636. The van der Waals surface area contributed by atoms with E-state index in [0.717, 1.165) is 5.56 Å². The normalized spacial score (nSPS) is 23.0. The van der Waals surface area contributed by atoms with Gasteiger partial charge in [0.05, 0.1) is 0 Å². The van der Waals surface area contributed by atoms with Gasteiger partial charge in [-0.2, -0.15) is 0 Å². The Hall–Kier alpha value is -2.17. The second kappa shape index (κ2) is 3.94. The molecule has 3 rings (SSSR count). The Morgan fingerprint density at radius 2 is 1.94 bits per heavy atom. The number of hydrogen-bond acceptors (Lipinski definition) is 4. The molecular formula is C13H11NO4. The number of fused-ring (bicyclic) bond motifs is 1. The summed E-state index contributed by atoms with van der Waals surface area (Å²) < 4.78 is 4.59. The summed E-state index contributed by atoms with van der Waals surface area (Å²) in [6.45, 7) is 0.406. The molecule has 1 fully saturated rings. The van der Waals surface area contributed by atoms with Gasteiger partial charge in [-0.05, 0) is 18.1 Å². The van der Waals surface area contributed by atoms with Crippen LogP contribution in [0.1, 0.15) is 28.8 Å². The first-order chi connectivity index (χ1) is 8.66. The maximum atomic E-state index is 12.2. The highest BCUT2D eigenvalue weighted by Crippen LogP contribution is 2.27.